The fraction of sp³-hybridized carbons (Fsp3) is 0.250. The van der Waals surface area contributed by atoms with Crippen molar-refractivity contribution >= 4 is 17.3 Å². The zero-order valence-corrected chi connectivity index (χ0v) is 12.2. The number of hydrogen-bond acceptors (Lipinski definition) is 2. The van der Waals surface area contributed by atoms with Crippen LogP contribution in [-0.4, -0.2) is 7.11 Å². The van der Waals surface area contributed by atoms with Crippen LogP contribution in [0.1, 0.15) is 24.9 Å². The molecule has 1 N–H and O–H groups in total. The molecule has 0 saturated carbocycles. The van der Waals surface area contributed by atoms with Gasteiger partial charge in [0.1, 0.15) is 11.6 Å². The Labute approximate surface area is 123 Å². The maximum Gasteiger partial charge on any atom is 0.125 e. The van der Waals surface area contributed by atoms with Crippen molar-refractivity contribution in [1.82, 2.24) is 0 Å². The van der Waals surface area contributed by atoms with Gasteiger partial charge in [-0.1, -0.05) is 30.7 Å². The van der Waals surface area contributed by atoms with E-state index in [0.29, 0.717) is 10.7 Å². The number of halogens is 2. The second-order valence-electron chi connectivity index (χ2n) is 4.50. The van der Waals surface area contributed by atoms with Crippen molar-refractivity contribution in [2.45, 2.75) is 19.4 Å². The molecule has 0 aliphatic carbocycles. The monoisotopic (exact) mass is 293 g/mol. The predicted octanol–water partition coefficient (Wildman–Crippen LogP) is 5.05. The maximum atomic E-state index is 13.3. The lowest BCUT2D eigenvalue weighted by molar-refractivity contribution is 0.414. The minimum Gasteiger partial charge on any atom is -0.497 e. The molecule has 1 unspecified atom stereocenters. The molecule has 0 radical (unpaired) electrons. The van der Waals surface area contributed by atoms with Crippen molar-refractivity contribution in [3.63, 3.8) is 0 Å². The molecule has 1 atom stereocenters. The largest absolute Gasteiger partial charge is 0.497 e. The summed E-state index contributed by atoms with van der Waals surface area (Å²) >= 11 is 6.08. The Morgan fingerprint density at radius 1 is 1.20 bits per heavy atom. The van der Waals surface area contributed by atoms with E-state index in [0.717, 1.165) is 17.7 Å². The minimum absolute atomic E-state index is 0.0696. The molecule has 0 bridgehead atoms. The molecule has 0 aromatic heterocycles. The van der Waals surface area contributed by atoms with Crippen LogP contribution in [0.2, 0.25) is 5.02 Å². The lowest BCUT2D eigenvalue weighted by Crippen LogP contribution is -2.10. The minimum atomic E-state index is -0.304. The molecule has 0 aliphatic rings. The normalized spacial score (nSPS) is 12.0. The van der Waals surface area contributed by atoms with Crippen LogP contribution in [0.25, 0.3) is 0 Å². The Balaban J connectivity index is 2.21. The van der Waals surface area contributed by atoms with E-state index in [-0.39, 0.29) is 11.9 Å². The summed E-state index contributed by atoms with van der Waals surface area (Å²) < 4.78 is 18.4. The number of ether oxygens (including phenoxy) is 1. The average Bonchev–Trinajstić information content (AvgIpc) is 2.48. The van der Waals surface area contributed by atoms with Crippen LogP contribution in [0.3, 0.4) is 0 Å². The van der Waals surface area contributed by atoms with Gasteiger partial charge in [-0.25, -0.2) is 4.39 Å². The van der Waals surface area contributed by atoms with Crippen LogP contribution in [0.4, 0.5) is 10.1 Å². The molecule has 2 nitrogen and oxygen atoms in total. The topological polar surface area (TPSA) is 21.3 Å². The number of benzene rings is 2. The van der Waals surface area contributed by atoms with Crippen LogP contribution >= 0.6 is 11.6 Å². The Bertz CT molecular complexity index is 571. The highest BCUT2D eigenvalue weighted by atomic mass is 35.5. The third-order valence-corrected chi connectivity index (χ3v) is 3.51. The highest BCUT2D eigenvalue weighted by Crippen LogP contribution is 2.29. The molecule has 0 amide bonds. The van der Waals surface area contributed by atoms with Crippen LogP contribution in [0.5, 0.6) is 5.75 Å². The summed E-state index contributed by atoms with van der Waals surface area (Å²) in [6.07, 6.45) is 0.860. The van der Waals surface area contributed by atoms with Gasteiger partial charge >= 0.3 is 0 Å². The number of rotatable bonds is 5. The van der Waals surface area contributed by atoms with Crippen molar-refractivity contribution in [3.05, 3.63) is 58.9 Å². The summed E-state index contributed by atoms with van der Waals surface area (Å²) in [7, 11) is 1.64. The SMILES string of the molecule is CCC(Nc1cc(F)ccc1Cl)c1ccc(OC)cc1. The van der Waals surface area contributed by atoms with Gasteiger partial charge in [0.25, 0.3) is 0 Å². The van der Waals surface area contributed by atoms with Gasteiger partial charge in [0.05, 0.1) is 23.9 Å². The lowest BCUT2D eigenvalue weighted by Gasteiger charge is -2.20. The molecule has 0 saturated heterocycles. The smallest absolute Gasteiger partial charge is 0.125 e. The maximum absolute atomic E-state index is 13.3. The Morgan fingerprint density at radius 2 is 1.90 bits per heavy atom. The van der Waals surface area contributed by atoms with E-state index in [2.05, 4.69) is 12.2 Å². The summed E-state index contributed by atoms with van der Waals surface area (Å²) in [6, 6.07) is 12.2. The Kier molecular flexibility index (Phi) is 4.85. The van der Waals surface area contributed by atoms with Gasteiger partial charge in [0.2, 0.25) is 0 Å². The second kappa shape index (κ2) is 6.62. The number of methoxy groups -OCH3 is 1. The molecule has 0 spiro atoms. The van der Waals surface area contributed by atoms with Gasteiger partial charge in [0, 0.05) is 0 Å². The summed E-state index contributed by atoms with van der Waals surface area (Å²) in [5.74, 6) is 0.508. The van der Waals surface area contributed by atoms with Crippen LogP contribution in [-0.2, 0) is 0 Å². The van der Waals surface area contributed by atoms with Crippen molar-refractivity contribution in [1.29, 1.82) is 0 Å². The molecule has 2 aromatic carbocycles. The van der Waals surface area contributed by atoms with E-state index in [1.165, 1.54) is 12.1 Å². The molecule has 0 aliphatic heterocycles. The quantitative estimate of drug-likeness (QED) is 0.833. The Morgan fingerprint density at radius 3 is 2.50 bits per heavy atom. The molecular formula is C16H17ClFNO. The molecule has 20 heavy (non-hydrogen) atoms. The van der Waals surface area contributed by atoms with Crippen molar-refractivity contribution in [2.75, 3.05) is 12.4 Å². The van der Waals surface area contributed by atoms with Gasteiger partial charge in [0.15, 0.2) is 0 Å². The average molecular weight is 294 g/mol. The molecule has 106 valence electrons. The first-order valence-electron chi connectivity index (χ1n) is 6.49. The molecule has 0 fully saturated rings. The van der Waals surface area contributed by atoms with Gasteiger partial charge in [-0.05, 0) is 42.3 Å². The third-order valence-electron chi connectivity index (χ3n) is 3.18. The summed E-state index contributed by atoms with van der Waals surface area (Å²) in [5.41, 5.74) is 1.71. The van der Waals surface area contributed by atoms with Gasteiger partial charge in [-0.3, -0.25) is 0 Å². The zero-order valence-electron chi connectivity index (χ0n) is 11.5. The highest BCUT2D eigenvalue weighted by molar-refractivity contribution is 6.33. The highest BCUT2D eigenvalue weighted by Gasteiger charge is 2.11. The third kappa shape index (κ3) is 3.42. The zero-order chi connectivity index (χ0) is 14.5. The fourth-order valence-electron chi connectivity index (χ4n) is 2.05. The molecule has 0 heterocycles. The summed E-state index contributed by atoms with van der Waals surface area (Å²) in [5, 5.41) is 3.79. The van der Waals surface area contributed by atoms with Crippen molar-refractivity contribution in [3.8, 4) is 5.75 Å². The second-order valence-corrected chi connectivity index (χ2v) is 4.91. The van der Waals surface area contributed by atoms with Crippen LogP contribution in [0, 0.1) is 5.82 Å². The Hall–Kier alpha value is -1.74. The molecule has 4 heteroatoms. The summed E-state index contributed by atoms with van der Waals surface area (Å²) in [6.45, 7) is 2.06. The first kappa shape index (κ1) is 14.7. The van der Waals surface area contributed by atoms with Gasteiger partial charge < -0.3 is 10.1 Å². The number of nitrogens with one attached hydrogen (secondary N) is 1. The number of anilines is 1. The van der Waals surface area contributed by atoms with Gasteiger partial charge in [-0.15, -0.1) is 0 Å². The van der Waals surface area contributed by atoms with Crippen LogP contribution in [0.15, 0.2) is 42.5 Å². The van der Waals surface area contributed by atoms with E-state index in [1.807, 2.05) is 24.3 Å². The van der Waals surface area contributed by atoms with Crippen molar-refractivity contribution in [2.24, 2.45) is 0 Å². The molecule has 2 aromatic rings. The van der Waals surface area contributed by atoms with E-state index in [4.69, 9.17) is 16.3 Å². The van der Waals surface area contributed by atoms with E-state index < -0.39 is 0 Å². The first-order valence-corrected chi connectivity index (χ1v) is 6.87. The standard InChI is InChI=1S/C16H17ClFNO/c1-3-15(11-4-7-13(20-2)8-5-11)19-16-10-12(18)6-9-14(16)17/h4-10,15,19H,3H2,1-2H3. The van der Waals surface area contributed by atoms with Gasteiger partial charge in [-0.2, -0.15) is 0 Å². The van der Waals surface area contributed by atoms with E-state index in [9.17, 15) is 4.39 Å². The fourth-order valence-corrected chi connectivity index (χ4v) is 2.23. The number of hydrogen-bond donors (Lipinski definition) is 1. The van der Waals surface area contributed by atoms with Crippen molar-refractivity contribution < 1.29 is 9.13 Å². The van der Waals surface area contributed by atoms with Crippen LogP contribution < -0.4 is 10.1 Å². The van der Waals surface area contributed by atoms with E-state index >= 15 is 0 Å². The molecule has 2 rings (SSSR count). The summed E-state index contributed by atoms with van der Waals surface area (Å²) in [4.78, 5) is 0. The van der Waals surface area contributed by atoms with E-state index in [1.54, 1.807) is 13.2 Å². The lowest BCUT2D eigenvalue weighted by atomic mass is 10.0. The molecular weight excluding hydrogens is 277 g/mol. The predicted molar refractivity (Wildman–Crippen MR) is 81.1 cm³/mol. The first-order chi connectivity index (χ1) is 9.63.